The van der Waals surface area contributed by atoms with Crippen molar-refractivity contribution in [3.05, 3.63) is 41.1 Å². The standard InChI is InChI=1S/C13H7ClF2N6S/c1-21-10(7(14)5-17-21)11-18-19-13-22(11)20-12(23-13)6-2-3-8(15)9(16)4-6/h2-5H,1H3. The Balaban J connectivity index is 1.88. The van der Waals surface area contributed by atoms with Crippen molar-refractivity contribution in [2.45, 2.75) is 0 Å². The summed E-state index contributed by atoms with van der Waals surface area (Å²) in [7, 11) is 1.73. The molecule has 4 aromatic rings. The van der Waals surface area contributed by atoms with E-state index in [9.17, 15) is 8.78 Å². The van der Waals surface area contributed by atoms with Crippen LogP contribution in [0.15, 0.2) is 24.4 Å². The Morgan fingerprint density at radius 3 is 2.70 bits per heavy atom. The van der Waals surface area contributed by atoms with E-state index in [2.05, 4.69) is 20.4 Å². The molecule has 1 aromatic carbocycles. The molecule has 3 aromatic heterocycles. The van der Waals surface area contributed by atoms with Crippen LogP contribution in [0.25, 0.3) is 27.1 Å². The molecule has 0 saturated heterocycles. The summed E-state index contributed by atoms with van der Waals surface area (Å²) in [6.45, 7) is 0. The highest BCUT2D eigenvalue weighted by Crippen LogP contribution is 2.31. The summed E-state index contributed by atoms with van der Waals surface area (Å²) in [6, 6.07) is 3.62. The van der Waals surface area contributed by atoms with Gasteiger partial charge in [0.15, 0.2) is 11.6 Å². The van der Waals surface area contributed by atoms with Crippen molar-refractivity contribution >= 4 is 27.9 Å². The first-order valence-electron chi connectivity index (χ1n) is 6.40. The van der Waals surface area contributed by atoms with Crippen LogP contribution in [0.3, 0.4) is 0 Å². The average Bonchev–Trinajstić information content (AvgIpc) is 3.18. The second kappa shape index (κ2) is 5.07. The Morgan fingerprint density at radius 1 is 1.17 bits per heavy atom. The second-order valence-corrected chi connectivity index (χ2v) is 6.08. The van der Waals surface area contributed by atoms with Gasteiger partial charge in [-0.05, 0) is 18.2 Å². The van der Waals surface area contributed by atoms with Gasteiger partial charge >= 0.3 is 0 Å². The lowest BCUT2D eigenvalue weighted by atomic mass is 10.2. The summed E-state index contributed by atoms with van der Waals surface area (Å²) in [5, 5.41) is 17.5. The Morgan fingerprint density at radius 2 is 2.00 bits per heavy atom. The highest BCUT2D eigenvalue weighted by atomic mass is 35.5. The number of hydrogen-bond donors (Lipinski definition) is 0. The minimum atomic E-state index is -0.927. The first kappa shape index (κ1) is 14.2. The lowest BCUT2D eigenvalue weighted by Crippen LogP contribution is -1.99. The molecule has 0 saturated carbocycles. The maximum Gasteiger partial charge on any atom is 0.235 e. The lowest BCUT2D eigenvalue weighted by Gasteiger charge is -1.99. The van der Waals surface area contributed by atoms with E-state index in [-0.39, 0.29) is 0 Å². The van der Waals surface area contributed by atoms with Crippen LogP contribution in [-0.4, -0.2) is 29.6 Å². The molecule has 0 N–H and O–H groups in total. The zero-order valence-electron chi connectivity index (χ0n) is 11.5. The van der Waals surface area contributed by atoms with Crippen molar-refractivity contribution < 1.29 is 8.78 Å². The van der Waals surface area contributed by atoms with Gasteiger partial charge in [-0.3, -0.25) is 4.68 Å². The Kier molecular flexibility index (Phi) is 3.13. The van der Waals surface area contributed by atoms with Crippen LogP contribution in [0.2, 0.25) is 5.02 Å². The molecule has 0 unspecified atom stereocenters. The predicted octanol–water partition coefficient (Wildman–Crippen LogP) is 3.18. The van der Waals surface area contributed by atoms with Crippen molar-refractivity contribution in [1.29, 1.82) is 0 Å². The molecule has 0 aliphatic heterocycles. The van der Waals surface area contributed by atoms with Crippen molar-refractivity contribution in [2.24, 2.45) is 7.05 Å². The molecule has 6 nitrogen and oxygen atoms in total. The van der Waals surface area contributed by atoms with Crippen LogP contribution in [0.4, 0.5) is 8.78 Å². The Labute approximate surface area is 137 Å². The van der Waals surface area contributed by atoms with Gasteiger partial charge in [-0.25, -0.2) is 8.78 Å². The monoisotopic (exact) mass is 352 g/mol. The Hall–Kier alpha value is -2.39. The minimum absolute atomic E-state index is 0.421. The van der Waals surface area contributed by atoms with Gasteiger partial charge in [-0.15, -0.1) is 10.2 Å². The summed E-state index contributed by atoms with van der Waals surface area (Å²) in [4.78, 5) is 0.511. The maximum absolute atomic E-state index is 13.4. The van der Waals surface area contributed by atoms with E-state index in [1.165, 1.54) is 28.1 Å². The highest BCUT2D eigenvalue weighted by Gasteiger charge is 2.20. The average molecular weight is 353 g/mol. The summed E-state index contributed by atoms with van der Waals surface area (Å²) < 4.78 is 29.5. The van der Waals surface area contributed by atoms with E-state index >= 15 is 0 Å². The number of hydrogen-bond acceptors (Lipinski definition) is 5. The first-order valence-corrected chi connectivity index (χ1v) is 7.59. The molecule has 0 amide bonds. The topological polar surface area (TPSA) is 60.9 Å². The van der Waals surface area contributed by atoms with E-state index in [1.54, 1.807) is 11.7 Å². The van der Waals surface area contributed by atoms with Crippen molar-refractivity contribution in [2.75, 3.05) is 0 Å². The summed E-state index contributed by atoms with van der Waals surface area (Å²) in [5.74, 6) is -1.41. The predicted molar refractivity (Wildman–Crippen MR) is 81.2 cm³/mol. The van der Waals surface area contributed by atoms with Gasteiger partial charge in [0, 0.05) is 12.6 Å². The number of benzene rings is 1. The molecular formula is C13H7ClF2N6S. The van der Waals surface area contributed by atoms with Gasteiger partial charge in [0.1, 0.15) is 10.7 Å². The molecule has 10 heteroatoms. The molecule has 0 aliphatic rings. The number of nitrogens with zero attached hydrogens (tertiary/aromatic N) is 6. The summed E-state index contributed by atoms with van der Waals surface area (Å²) >= 11 is 7.33. The fourth-order valence-corrected chi connectivity index (χ4v) is 3.26. The molecular weight excluding hydrogens is 346 g/mol. The van der Waals surface area contributed by atoms with Crippen LogP contribution < -0.4 is 0 Å². The van der Waals surface area contributed by atoms with Crippen molar-refractivity contribution in [1.82, 2.24) is 29.6 Å². The fraction of sp³-hybridized carbons (Fsp3) is 0.0769. The molecule has 3 heterocycles. The zero-order valence-corrected chi connectivity index (χ0v) is 13.1. The van der Waals surface area contributed by atoms with Crippen LogP contribution >= 0.6 is 22.9 Å². The third kappa shape index (κ3) is 2.20. The van der Waals surface area contributed by atoms with Gasteiger partial charge in [-0.2, -0.15) is 14.7 Å². The van der Waals surface area contributed by atoms with Gasteiger partial charge in [-0.1, -0.05) is 22.9 Å². The van der Waals surface area contributed by atoms with Crippen LogP contribution in [-0.2, 0) is 7.05 Å². The second-order valence-electron chi connectivity index (χ2n) is 4.72. The van der Waals surface area contributed by atoms with Crippen LogP contribution in [0.5, 0.6) is 0 Å². The van der Waals surface area contributed by atoms with E-state index in [0.29, 0.717) is 32.1 Å². The number of aromatic nitrogens is 6. The number of fused-ring (bicyclic) bond motifs is 1. The van der Waals surface area contributed by atoms with Gasteiger partial charge < -0.3 is 0 Å². The minimum Gasteiger partial charge on any atom is -0.263 e. The molecule has 0 bridgehead atoms. The number of aryl methyl sites for hydroxylation is 1. The highest BCUT2D eigenvalue weighted by molar-refractivity contribution is 7.19. The SMILES string of the molecule is Cn1ncc(Cl)c1-c1nnc2sc(-c3ccc(F)c(F)c3)nn12. The number of rotatable bonds is 2. The first-order chi connectivity index (χ1) is 11.0. The lowest BCUT2D eigenvalue weighted by molar-refractivity contribution is 0.509. The van der Waals surface area contributed by atoms with Crippen LogP contribution in [0, 0.1) is 11.6 Å². The third-order valence-corrected chi connectivity index (χ3v) is 4.49. The molecule has 116 valence electrons. The molecule has 0 fully saturated rings. The van der Waals surface area contributed by atoms with E-state index in [0.717, 1.165) is 12.1 Å². The number of halogens is 3. The van der Waals surface area contributed by atoms with Crippen molar-refractivity contribution in [3.8, 4) is 22.1 Å². The smallest absolute Gasteiger partial charge is 0.235 e. The fourth-order valence-electron chi connectivity index (χ4n) is 2.17. The zero-order chi connectivity index (χ0) is 16.1. The molecule has 0 radical (unpaired) electrons. The van der Waals surface area contributed by atoms with Gasteiger partial charge in [0.05, 0.1) is 11.2 Å². The van der Waals surface area contributed by atoms with E-state index in [1.807, 2.05) is 0 Å². The largest absolute Gasteiger partial charge is 0.263 e. The third-order valence-electron chi connectivity index (χ3n) is 3.26. The molecule has 0 atom stereocenters. The molecule has 23 heavy (non-hydrogen) atoms. The Bertz CT molecular complexity index is 1020. The normalized spacial score (nSPS) is 11.5. The van der Waals surface area contributed by atoms with Gasteiger partial charge in [0.25, 0.3) is 0 Å². The molecule has 0 spiro atoms. The molecule has 4 rings (SSSR count). The van der Waals surface area contributed by atoms with Crippen LogP contribution in [0.1, 0.15) is 0 Å². The summed E-state index contributed by atoms with van der Waals surface area (Å²) in [5.41, 5.74) is 1.03. The van der Waals surface area contributed by atoms with E-state index < -0.39 is 11.6 Å². The molecule has 0 aliphatic carbocycles. The van der Waals surface area contributed by atoms with Gasteiger partial charge in [0.2, 0.25) is 10.8 Å². The quantitative estimate of drug-likeness (QED) is 0.556. The van der Waals surface area contributed by atoms with E-state index in [4.69, 9.17) is 11.6 Å². The maximum atomic E-state index is 13.4. The summed E-state index contributed by atoms with van der Waals surface area (Å²) in [6.07, 6.45) is 1.50. The van der Waals surface area contributed by atoms with Crippen molar-refractivity contribution in [3.63, 3.8) is 0 Å².